The van der Waals surface area contributed by atoms with Gasteiger partial charge in [-0.2, -0.15) is 0 Å². The Morgan fingerprint density at radius 1 is 1.04 bits per heavy atom. The van der Waals surface area contributed by atoms with Crippen LogP contribution < -0.4 is 0 Å². The molecule has 2 N–H and O–H groups in total. The largest absolute Gasteiger partial charge is 0.478 e. The van der Waals surface area contributed by atoms with Gasteiger partial charge in [-0.1, -0.05) is 42.0 Å². The number of aliphatic carboxylic acids is 1. The van der Waals surface area contributed by atoms with Crippen LogP contribution in [0, 0.1) is 6.92 Å². The van der Waals surface area contributed by atoms with Gasteiger partial charge in [0.25, 0.3) is 0 Å². The second-order valence-electron chi connectivity index (χ2n) is 5.80. The summed E-state index contributed by atoms with van der Waals surface area (Å²) in [6.45, 7) is 1.61. The van der Waals surface area contributed by atoms with Gasteiger partial charge >= 0.3 is 5.97 Å². The Labute approximate surface area is 147 Å². The fourth-order valence-corrected chi connectivity index (χ4v) is 3.27. The zero-order chi connectivity index (χ0) is 18.6. The van der Waals surface area contributed by atoms with Crippen LogP contribution in [0.25, 0.3) is 5.57 Å². The fourth-order valence-electron chi connectivity index (χ4n) is 2.64. The maximum atomic E-state index is 11.7. The Morgan fingerprint density at radius 2 is 1.68 bits per heavy atom. The molecule has 0 atom stereocenters. The van der Waals surface area contributed by atoms with Gasteiger partial charge in [-0.05, 0) is 35.8 Å². The number of carboxylic acids is 1. The van der Waals surface area contributed by atoms with Crippen LogP contribution in [-0.4, -0.2) is 37.5 Å². The van der Waals surface area contributed by atoms with Gasteiger partial charge in [0.05, 0.1) is 4.90 Å². The summed E-state index contributed by atoms with van der Waals surface area (Å²) in [5, 5.41) is 18.8. The average molecular weight is 360 g/mol. The van der Waals surface area contributed by atoms with E-state index < -0.39 is 15.8 Å². The van der Waals surface area contributed by atoms with Crippen molar-refractivity contribution >= 4 is 21.4 Å². The third kappa shape index (κ3) is 4.55. The van der Waals surface area contributed by atoms with E-state index in [2.05, 4.69) is 0 Å². The molecule has 0 radical (unpaired) electrons. The van der Waals surface area contributed by atoms with Gasteiger partial charge in [-0.3, -0.25) is 0 Å². The summed E-state index contributed by atoms with van der Waals surface area (Å²) >= 11 is 0. The molecule has 0 unspecified atom stereocenters. The van der Waals surface area contributed by atoms with Crippen molar-refractivity contribution in [2.45, 2.75) is 18.2 Å². The number of aryl methyl sites for hydroxylation is 1. The molecule has 0 aliphatic heterocycles. The predicted octanol–water partition coefficient (Wildman–Crippen LogP) is 2.67. The molecule has 0 amide bonds. The molecule has 0 saturated heterocycles. The zero-order valence-corrected chi connectivity index (χ0v) is 14.9. The average Bonchev–Trinajstić information content (AvgIpc) is 2.54. The standard InChI is InChI=1S/C19H20O5S/c1-13-4-3-5-15(12-13)18(17(10-11-20)19(21)22)14-6-8-16(9-7-14)25(2,23)24/h3-9,12,20H,10-11H2,1-2H3,(H,21,22). The van der Waals surface area contributed by atoms with Crippen LogP contribution in [0.5, 0.6) is 0 Å². The molecule has 0 aliphatic carbocycles. The molecule has 2 aromatic rings. The molecule has 0 spiro atoms. The molecular formula is C19H20O5S. The van der Waals surface area contributed by atoms with Gasteiger partial charge in [0.1, 0.15) is 0 Å². The summed E-state index contributed by atoms with van der Waals surface area (Å²) < 4.78 is 23.3. The zero-order valence-electron chi connectivity index (χ0n) is 14.1. The van der Waals surface area contributed by atoms with Crippen molar-refractivity contribution in [1.82, 2.24) is 0 Å². The topological polar surface area (TPSA) is 91.7 Å². The van der Waals surface area contributed by atoms with Crippen molar-refractivity contribution in [1.29, 1.82) is 0 Å². The quantitative estimate of drug-likeness (QED) is 0.773. The third-order valence-corrected chi connectivity index (χ3v) is 4.93. The van der Waals surface area contributed by atoms with Crippen LogP contribution in [0.4, 0.5) is 0 Å². The maximum absolute atomic E-state index is 11.7. The fraction of sp³-hybridized carbons (Fsp3) is 0.211. The van der Waals surface area contributed by atoms with Crippen molar-refractivity contribution in [2.75, 3.05) is 12.9 Å². The predicted molar refractivity (Wildman–Crippen MR) is 96.1 cm³/mol. The van der Waals surface area contributed by atoms with Crippen LogP contribution >= 0.6 is 0 Å². The van der Waals surface area contributed by atoms with E-state index >= 15 is 0 Å². The Kier molecular flexibility index (Phi) is 5.77. The van der Waals surface area contributed by atoms with Crippen LogP contribution in [-0.2, 0) is 14.6 Å². The molecular weight excluding hydrogens is 340 g/mol. The van der Waals surface area contributed by atoms with E-state index in [1.807, 2.05) is 25.1 Å². The van der Waals surface area contributed by atoms with Crippen molar-refractivity contribution in [3.8, 4) is 0 Å². The van der Waals surface area contributed by atoms with Crippen LogP contribution in [0.15, 0.2) is 59.0 Å². The maximum Gasteiger partial charge on any atom is 0.332 e. The normalized spacial score (nSPS) is 12.6. The number of aliphatic hydroxyl groups is 1. The minimum absolute atomic E-state index is 0.00750. The summed E-state index contributed by atoms with van der Waals surface area (Å²) in [5.41, 5.74) is 2.82. The number of benzene rings is 2. The minimum atomic E-state index is -3.34. The van der Waals surface area contributed by atoms with Crippen LogP contribution in [0.3, 0.4) is 0 Å². The number of sulfone groups is 1. The molecule has 0 aliphatic rings. The summed E-state index contributed by atoms with van der Waals surface area (Å²) in [4.78, 5) is 11.9. The first-order chi connectivity index (χ1) is 11.7. The summed E-state index contributed by atoms with van der Waals surface area (Å²) in [6, 6.07) is 13.5. The number of aliphatic hydroxyl groups excluding tert-OH is 1. The molecule has 0 saturated carbocycles. The van der Waals surface area contributed by atoms with E-state index in [0.717, 1.165) is 11.8 Å². The Hall–Kier alpha value is -2.44. The first-order valence-electron chi connectivity index (χ1n) is 7.69. The van der Waals surface area contributed by atoms with E-state index in [1.165, 1.54) is 12.1 Å². The molecule has 0 heterocycles. The lowest BCUT2D eigenvalue weighted by Crippen LogP contribution is -2.08. The van der Waals surface area contributed by atoms with Crippen molar-refractivity contribution in [2.24, 2.45) is 0 Å². The van der Waals surface area contributed by atoms with Crippen molar-refractivity contribution in [3.63, 3.8) is 0 Å². The summed E-state index contributed by atoms with van der Waals surface area (Å²) in [7, 11) is -3.34. The molecule has 0 bridgehead atoms. The van der Waals surface area contributed by atoms with Gasteiger partial charge in [0.15, 0.2) is 9.84 Å². The molecule has 0 aromatic heterocycles. The summed E-state index contributed by atoms with van der Waals surface area (Å²) in [6.07, 6.45) is 1.11. The second kappa shape index (κ2) is 7.63. The molecule has 5 nitrogen and oxygen atoms in total. The summed E-state index contributed by atoms with van der Waals surface area (Å²) in [5.74, 6) is -1.11. The van der Waals surface area contributed by atoms with Gasteiger partial charge in [0.2, 0.25) is 0 Å². The highest BCUT2D eigenvalue weighted by atomic mass is 32.2. The highest BCUT2D eigenvalue weighted by molar-refractivity contribution is 7.90. The molecule has 25 heavy (non-hydrogen) atoms. The lowest BCUT2D eigenvalue weighted by molar-refractivity contribution is -0.132. The Balaban J connectivity index is 2.71. The van der Waals surface area contributed by atoms with E-state index in [4.69, 9.17) is 0 Å². The lowest BCUT2D eigenvalue weighted by atomic mass is 9.91. The number of rotatable bonds is 6. The van der Waals surface area contributed by atoms with E-state index in [0.29, 0.717) is 16.7 Å². The highest BCUT2D eigenvalue weighted by Gasteiger charge is 2.18. The molecule has 2 rings (SSSR count). The third-order valence-electron chi connectivity index (χ3n) is 3.80. The smallest absolute Gasteiger partial charge is 0.332 e. The number of hydrogen-bond acceptors (Lipinski definition) is 4. The van der Waals surface area contributed by atoms with E-state index in [-0.39, 0.29) is 23.5 Å². The lowest BCUT2D eigenvalue weighted by Gasteiger charge is -2.14. The number of hydrogen-bond donors (Lipinski definition) is 2. The first-order valence-corrected chi connectivity index (χ1v) is 9.58. The minimum Gasteiger partial charge on any atom is -0.478 e. The van der Waals surface area contributed by atoms with Gasteiger partial charge in [-0.15, -0.1) is 0 Å². The number of carboxylic acid groups (broad SMARTS) is 1. The Morgan fingerprint density at radius 3 is 2.16 bits per heavy atom. The molecule has 0 fully saturated rings. The second-order valence-corrected chi connectivity index (χ2v) is 7.81. The first kappa shape index (κ1) is 18.9. The molecule has 132 valence electrons. The van der Waals surface area contributed by atoms with Gasteiger partial charge in [0, 0.05) is 24.9 Å². The Bertz CT molecular complexity index is 909. The molecule has 2 aromatic carbocycles. The SMILES string of the molecule is Cc1cccc(C(=C(CCO)C(=O)O)c2ccc(S(C)(=O)=O)cc2)c1. The van der Waals surface area contributed by atoms with E-state index in [1.54, 1.807) is 18.2 Å². The highest BCUT2D eigenvalue weighted by Crippen LogP contribution is 2.30. The molecule has 6 heteroatoms. The van der Waals surface area contributed by atoms with Crippen molar-refractivity contribution < 1.29 is 23.4 Å². The van der Waals surface area contributed by atoms with Crippen LogP contribution in [0.2, 0.25) is 0 Å². The van der Waals surface area contributed by atoms with Crippen LogP contribution in [0.1, 0.15) is 23.1 Å². The monoisotopic (exact) mass is 360 g/mol. The van der Waals surface area contributed by atoms with Crippen molar-refractivity contribution in [3.05, 3.63) is 70.8 Å². The van der Waals surface area contributed by atoms with Gasteiger partial charge < -0.3 is 10.2 Å². The van der Waals surface area contributed by atoms with Gasteiger partial charge in [-0.25, -0.2) is 13.2 Å². The number of carbonyl (C=O) groups is 1. The van der Waals surface area contributed by atoms with E-state index in [9.17, 15) is 23.4 Å².